The molecule has 5 aromatic carbocycles. The highest BCUT2D eigenvalue weighted by Crippen LogP contribution is 2.44. The number of amides is 2. The zero-order valence-electron chi connectivity index (χ0n) is 37.4. The van der Waals surface area contributed by atoms with Crippen molar-refractivity contribution in [3.63, 3.8) is 0 Å². The molecule has 0 spiro atoms. The lowest BCUT2D eigenvalue weighted by atomic mass is 9.98. The van der Waals surface area contributed by atoms with Gasteiger partial charge in [-0.2, -0.15) is 0 Å². The van der Waals surface area contributed by atoms with Crippen molar-refractivity contribution in [1.29, 1.82) is 0 Å². The largest absolute Gasteiger partial charge is 0.508 e. The lowest BCUT2D eigenvalue weighted by Crippen LogP contribution is -2.33. The first-order valence-corrected chi connectivity index (χ1v) is 20.8. The molecule has 67 heavy (non-hydrogen) atoms. The minimum Gasteiger partial charge on any atom is -0.508 e. The van der Waals surface area contributed by atoms with Crippen LogP contribution in [0.1, 0.15) is 36.5 Å². The molecule has 19 nitrogen and oxygen atoms in total. The number of carbonyl (C=O) groups excluding carboxylic acids is 2. The first-order chi connectivity index (χ1) is 32.4. The van der Waals surface area contributed by atoms with Crippen LogP contribution in [-0.2, 0) is 17.9 Å². The van der Waals surface area contributed by atoms with Crippen LogP contribution in [0.25, 0.3) is 39.5 Å². The van der Waals surface area contributed by atoms with Gasteiger partial charge in [-0.15, -0.1) is 5.10 Å². The molecule has 0 aliphatic heterocycles. The number of aromatic nitrogens is 4. The molecule has 0 atom stereocenters. The normalized spacial score (nSPS) is 11.0. The molecule has 0 aliphatic carbocycles. The van der Waals surface area contributed by atoms with E-state index >= 15 is 0 Å². The maximum Gasteiger partial charge on any atom is 0.412 e. The van der Waals surface area contributed by atoms with E-state index in [9.17, 15) is 24.9 Å². The lowest BCUT2D eigenvalue weighted by molar-refractivity contribution is 0.155. The first kappa shape index (κ1) is 46.5. The number of phenolic OH excluding ortho intramolecular Hbond substituents is 2. The van der Waals surface area contributed by atoms with Gasteiger partial charge in [0.1, 0.15) is 29.6 Å². The topological polar surface area (TPSA) is 243 Å². The minimum atomic E-state index is -0.731. The zero-order valence-corrected chi connectivity index (χ0v) is 37.4. The van der Waals surface area contributed by atoms with Gasteiger partial charge in [-0.25, -0.2) is 14.2 Å². The fraction of sp³-hybridized carbons (Fsp3) is 0.229. The summed E-state index contributed by atoms with van der Waals surface area (Å²) in [5, 5.41) is 52.0. The SMILES string of the molecule is COc1ccc(-c2cnoc2-c2cc(OC)c(OC)c(OC)c2)cc1NC(=O)OCc1ccc(OC(=O)NCCNCc2ccc(-n3c(O)nnc3-c3cc(C(C)C)c(O)cc3O)cc2)cc1. The Hall–Kier alpha value is -8.45. The Labute approximate surface area is 384 Å². The van der Waals surface area contributed by atoms with Gasteiger partial charge in [0.25, 0.3) is 0 Å². The van der Waals surface area contributed by atoms with Gasteiger partial charge in [-0.1, -0.05) is 54.4 Å². The van der Waals surface area contributed by atoms with Gasteiger partial charge < -0.3 is 58.9 Å². The van der Waals surface area contributed by atoms with E-state index in [4.69, 9.17) is 32.9 Å². The lowest BCUT2D eigenvalue weighted by Gasteiger charge is -2.14. The summed E-state index contributed by atoms with van der Waals surface area (Å²) < 4.78 is 39.9. The van der Waals surface area contributed by atoms with E-state index in [1.54, 1.807) is 79.0 Å². The van der Waals surface area contributed by atoms with Crippen molar-refractivity contribution in [2.45, 2.75) is 32.9 Å². The molecular weight excluding hydrogens is 867 g/mol. The Balaban J connectivity index is 0.862. The fourth-order valence-corrected chi connectivity index (χ4v) is 7.10. The van der Waals surface area contributed by atoms with Crippen LogP contribution in [0.4, 0.5) is 15.3 Å². The van der Waals surface area contributed by atoms with Crippen molar-refractivity contribution in [2.24, 2.45) is 0 Å². The third-order valence-corrected chi connectivity index (χ3v) is 10.5. The highest BCUT2D eigenvalue weighted by atomic mass is 16.6. The third-order valence-electron chi connectivity index (χ3n) is 10.5. The number of nitrogens with zero attached hydrogens (tertiary/aromatic N) is 4. The molecule has 0 aliphatic rings. The second kappa shape index (κ2) is 21.0. The Morgan fingerprint density at radius 3 is 2.09 bits per heavy atom. The second-order valence-electron chi connectivity index (χ2n) is 15.1. The molecule has 0 radical (unpaired) electrons. The Morgan fingerprint density at radius 2 is 1.42 bits per heavy atom. The first-order valence-electron chi connectivity index (χ1n) is 20.8. The molecule has 6 N–H and O–H groups in total. The maximum absolute atomic E-state index is 13.0. The van der Waals surface area contributed by atoms with E-state index in [2.05, 4.69) is 31.3 Å². The minimum absolute atomic E-state index is 0.0232. The molecule has 7 aromatic rings. The number of anilines is 1. The summed E-state index contributed by atoms with van der Waals surface area (Å²) in [7, 11) is 6.04. The highest BCUT2D eigenvalue weighted by molar-refractivity contribution is 5.90. The van der Waals surface area contributed by atoms with Crippen LogP contribution in [0, 0.1) is 0 Å². The maximum atomic E-state index is 13.0. The summed E-state index contributed by atoms with van der Waals surface area (Å²) in [5.41, 5.74) is 5.32. The molecule has 0 saturated heterocycles. The predicted octanol–water partition coefficient (Wildman–Crippen LogP) is 8.16. The van der Waals surface area contributed by atoms with Gasteiger partial charge in [0.05, 0.1) is 51.6 Å². The van der Waals surface area contributed by atoms with Crippen molar-refractivity contribution in [1.82, 2.24) is 30.6 Å². The van der Waals surface area contributed by atoms with E-state index in [0.717, 1.165) is 5.56 Å². The number of methoxy groups -OCH3 is 4. The third kappa shape index (κ3) is 10.7. The molecule has 7 rings (SSSR count). The molecule has 2 amide bonds. The van der Waals surface area contributed by atoms with Crippen molar-refractivity contribution in [3.05, 3.63) is 114 Å². The predicted molar refractivity (Wildman–Crippen MR) is 245 cm³/mol. The Bertz CT molecular complexity index is 2820. The van der Waals surface area contributed by atoms with Gasteiger partial charge in [-0.3, -0.25) is 5.32 Å². The zero-order chi connectivity index (χ0) is 47.6. The Morgan fingerprint density at radius 1 is 0.716 bits per heavy atom. The summed E-state index contributed by atoms with van der Waals surface area (Å²) in [4.78, 5) is 25.5. The van der Waals surface area contributed by atoms with Crippen LogP contribution in [0.3, 0.4) is 0 Å². The molecule has 19 heteroatoms. The number of phenols is 2. The highest BCUT2D eigenvalue weighted by Gasteiger charge is 2.23. The molecular formula is C48H49N7O12. The van der Waals surface area contributed by atoms with Crippen molar-refractivity contribution in [2.75, 3.05) is 46.8 Å². The summed E-state index contributed by atoms with van der Waals surface area (Å²) in [6, 6.07) is 25.0. The van der Waals surface area contributed by atoms with Crippen LogP contribution < -0.4 is 39.6 Å². The average molecular weight is 916 g/mol. The summed E-state index contributed by atoms with van der Waals surface area (Å²) in [6.45, 7) is 4.97. The van der Waals surface area contributed by atoms with Gasteiger partial charge in [-0.05, 0) is 82.8 Å². The number of nitrogens with one attached hydrogen (secondary N) is 3. The van der Waals surface area contributed by atoms with Crippen LogP contribution in [-0.4, -0.2) is 89.0 Å². The number of carbonyl (C=O) groups is 2. The monoisotopic (exact) mass is 915 g/mol. The standard InChI is InChI=1S/C48H49N7O12/c1-27(2)34-22-35(39(57)23-38(34)56)45-53-54-46(58)55(45)32-12-7-28(8-13-32)24-49-17-18-50-47(59)66-33-14-9-29(10-15-33)26-65-48(60)52-37-19-30(11-16-40(37)61-3)36-25-51-67-43(36)31-20-41(62-4)44(64-6)42(21-31)63-5/h7-16,19-23,25,27,49,56-57H,17-18,24,26H2,1-6H3,(H,50,59)(H,52,60)(H,54,58). The summed E-state index contributed by atoms with van der Waals surface area (Å²) in [5.74, 6) is 2.37. The van der Waals surface area contributed by atoms with Gasteiger partial charge >= 0.3 is 18.2 Å². The van der Waals surface area contributed by atoms with Gasteiger partial charge in [0.2, 0.25) is 5.75 Å². The van der Waals surface area contributed by atoms with E-state index in [1.807, 2.05) is 26.0 Å². The van der Waals surface area contributed by atoms with Crippen LogP contribution in [0.15, 0.2) is 102 Å². The molecule has 348 valence electrons. The second-order valence-corrected chi connectivity index (χ2v) is 15.1. The van der Waals surface area contributed by atoms with Crippen LogP contribution in [0.5, 0.6) is 46.3 Å². The number of rotatable bonds is 18. The van der Waals surface area contributed by atoms with E-state index in [1.165, 1.54) is 39.1 Å². The van der Waals surface area contributed by atoms with Gasteiger partial charge in [0, 0.05) is 36.8 Å². The average Bonchev–Trinajstić information content (AvgIpc) is 3.98. The molecule has 0 bridgehead atoms. The van der Waals surface area contributed by atoms with Crippen molar-refractivity contribution >= 4 is 17.9 Å². The number of hydrogen-bond acceptors (Lipinski definition) is 16. The number of ether oxygens (including phenoxy) is 6. The molecule has 2 aromatic heterocycles. The van der Waals surface area contributed by atoms with Crippen molar-refractivity contribution in [3.8, 4) is 85.8 Å². The van der Waals surface area contributed by atoms with E-state index in [-0.39, 0.29) is 42.4 Å². The fourth-order valence-electron chi connectivity index (χ4n) is 7.10. The number of benzene rings is 5. The summed E-state index contributed by atoms with van der Waals surface area (Å²) in [6.07, 6.45) is 0.188. The smallest absolute Gasteiger partial charge is 0.412 e. The molecule has 2 heterocycles. The van der Waals surface area contributed by atoms with Crippen molar-refractivity contribution < 1.29 is 57.9 Å². The molecule has 0 fully saturated rings. The van der Waals surface area contributed by atoms with Crippen LogP contribution in [0.2, 0.25) is 0 Å². The number of hydrogen-bond donors (Lipinski definition) is 6. The molecule has 0 unspecified atom stereocenters. The van der Waals surface area contributed by atoms with Crippen LogP contribution >= 0.6 is 0 Å². The Kier molecular flexibility index (Phi) is 14.6. The molecule has 0 saturated carbocycles. The summed E-state index contributed by atoms with van der Waals surface area (Å²) >= 11 is 0. The quantitative estimate of drug-likeness (QED) is 0.0445. The van der Waals surface area contributed by atoms with Gasteiger partial charge in [0.15, 0.2) is 23.1 Å². The number of aromatic hydroxyl groups is 3. The van der Waals surface area contributed by atoms with E-state index in [0.29, 0.717) is 92.4 Å². The van der Waals surface area contributed by atoms with E-state index < -0.39 is 12.2 Å².